The summed E-state index contributed by atoms with van der Waals surface area (Å²) in [5, 5.41) is 12.9. The molecule has 2 saturated heterocycles. The van der Waals surface area contributed by atoms with Gasteiger partial charge >= 0.3 is 0 Å². The molecule has 0 saturated carbocycles. The van der Waals surface area contributed by atoms with Crippen LogP contribution in [0.25, 0.3) is 0 Å². The second kappa shape index (κ2) is 5.25. The number of nitrogens with one attached hydrogen (secondary N) is 1. The molecule has 0 aliphatic carbocycles. The molecule has 2 fully saturated rings. The average molecular weight is 214 g/mol. The molecule has 2 rings (SSSR count). The molecule has 2 heterocycles. The van der Waals surface area contributed by atoms with Crippen molar-refractivity contribution in [3.63, 3.8) is 0 Å². The van der Waals surface area contributed by atoms with Crippen molar-refractivity contribution >= 4 is 0 Å². The first kappa shape index (κ1) is 11.3. The van der Waals surface area contributed by atoms with Crippen molar-refractivity contribution in [3.8, 4) is 0 Å². The fourth-order valence-electron chi connectivity index (χ4n) is 2.50. The van der Waals surface area contributed by atoms with Gasteiger partial charge in [-0.1, -0.05) is 0 Å². The summed E-state index contributed by atoms with van der Waals surface area (Å²) >= 11 is 0. The number of nitrogens with zero attached hydrogens (tertiary/aromatic N) is 1. The molecule has 0 bridgehead atoms. The SMILES string of the molecule is CC(CC1COCCN1)N1CCC(O)C1. The van der Waals surface area contributed by atoms with Gasteiger partial charge in [-0.25, -0.2) is 0 Å². The van der Waals surface area contributed by atoms with Crippen molar-refractivity contribution in [1.29, 1.82) is 0 Å². The van der Waals surface area contributed by atoms with E-state index in [-0.39, 0.29) is 6.10 Å². The number of aliphatic hydroxyl groups excluding tert-OH is 1. The Morgan fingerprint density at radius 3 is 3.07 bits per heavy atom. The summed E-state index contributed by atoms with van der Waals surface area (Å²) < 4.78 is 5.44. The molecule has 0 aromatic carbocycles. The summed E-state index contributed by atoms with van der Waals surface area (Å²) in [5.74, 6) is 0. The minimum absolute atomic E-state index is 0.108. The Hall–Kier alpha value is -0.160. The molecule has 88 valence electrons. The van der Waals surface area contributed by atoms with E-state index >= 15 is 0 Å². The first-order chi connectivity index (χ1) is 7.25. The molecule has 0 aromatic heterocycles. The highest BCUT2D eigenvalue weighted by Crippen LogP contribution is 2.16. The van der Waals surface area contributed by atoms with Gasteiger partial charge in [0.25, 0.3) is 0 Å². The molecule has 0 spiro atoms. The minimum atomic E-state index is -0.108. The highest BCUT2D eigenvalue weighted by molar-refractivity contribution is 4.82. The Morgan fingerprint density at radius 1 is 1.60 bits per heavy atom. The normalized spacial score (nSPS) is 35.6. The van der Waals surface area contributed by atoms with Crippen molar-refractivity contribution < 1.29 is 9.84 Å². The Balaban J connectivity index is 1.73. The van der Waals surface area contributed by atoms with Gasteiger partial charge in [-0.3, -0.25) is 4.90 Å². The average Bonchev–Trinajstić information content (AvgIpc) is 2.66. The number of morpholine rings is 1. The minimum Gasteiger partial charge on any atom is -0.392 e. The van der Waals surface area contributed by atoms with Crippen molar-refractivity contribution in [2.24, 2.45) is 0 Å². The Kier molecular flexibility index (Phi) is 3.97. The fourth-order valence-corrected chi connectivity index (χ4v) is 2.50. The third-order valence-corrected chi connectivity index (χ3v) is 3.44. The monoisotopic (exact) mass is 214 g/mol. The molecule has 15 heavy (non-hydrogen) atoms. The first-order valence-corrected chi connectivity index (χ1v) is 5.99. The zero-order valence-electron chi connectivity index (χ0n) is 9.48. The predicted octanol–water partition coefficient (Wildman–Crippen LogP) is -0.180. The molecule has 2 N–H and O–H groups in total. The van der Waals surface area contributed by atoms with Gasteiger partial charge in [-0.05, 0) is 19.8 Å². The van der Waals surface area contributed by atoms with E-state index in [0.29, 0.717) is 12.1 Å². The van der Waals surface area contributed by atoms with Crippen molar-refractivity contribution in [2.75, 3.05) is 32.8 Å². The van der Waals surface area contributed by atoms with Crippen LogP contribution in [0.15, 0.2) is 0 Å². The van der Waals surface area contributed by atoms with Crippen LogP contribution in [0.5, 0.6) is 0 Å². The zero-order chi connectivity index (χ0) is 10.7. The van der Waals surface area contributed by atoms with Gasteiger partial charge in [0.2, 0.25) is 0 Å². The van der Waals surface area contributed by atoms with Crippen LogP contribution in [0.3, 0.4) is 0 Å². The van der Waals surface area contributed by atoms with E-state index in [1.165, 1.54) is 0 Å². The standard InChI is InChI=1S/C11H22N2O2/c1-9(13-4-2-11(14)7-13)6-10-8-15-5-3-12-10/h9-12,14H,2-8H2,1H3. The van der Waals surface area contributed by atoms with Gasteiger partial charge < -0.3 is 15.2 Å². The molecule has 2 aliphatic heterocycles. The van der Waals surface area contributed by atoms with E-state index in [1.54, 1.807) is 0 Å². The van der Waals surface area contributed by atoms with E-state index in [1.807, 2.05) is 0 Å². The zero-order valence-corrected chi connectivity index (χ0v) is 9.48. The number of rotatable bonds is 3. The maximum Gasteiger partial charge on any atom is 0.0679 e. The largest absolute Gasteiger partial charge is 0.392 e. The van der Waals surface area contributed by atoms with E-state index in [9.17, 15) is 5.11 Å². The number of hydrogen-bond acceptors (Lipinski definition) is 4. The van der Waals surface area contributed by atoms with Crippen molar-refractivity contribution in [1.82, 2.24) is 10.2 Å². The van der Waals surface area contributed by atoms with Crippen LogP contribution in [-0.2, 0) is 4.74 Å². The topological polar surface area (TPSA) is 44.7 Å². The van der Waals surface area contributed by atoms with Crippen LogP contribution in [0.2, 0.25) is 0 Å². The van der Waals surface area contributed by atoms with Gasteiger partial charge in [0.1, 0.15) is 0 Å². The maximum atomic E-state index is 9.47. The lowest BCUT2D eigenvalue weighted by Gasteiger charge is -2.30. The lowest BCUT2D eigenvalue weighted by molar-refractivity contribution is 0.0628. The van der Waals surface area contributed by atoms with Crippen LogP contribution in [0.4, 0.5) is 0 Å². The highest BCUT2D eigenvalue weighted by Gasteiger charge is 2.26. The number of ether oxygens (including phenoxy) is 1. The molecule has 3 unspecified atom stereocenters. The third-order valence-electron chi connectivity index (χ3n) is 3.44. The molecule has 0 aromatic rings. The molecular formula is C11H22N2O2. The van der Waals surface area contributed by atoms with E-state index < -0.39 is 0 Å². The third kappa shape index (κ3) is 3.14. The quantitative estimate of drug-likeness (QED) is 0.684. The second-order valence-electron chi connectivity index (χ2n) is 4.75. The van der Waals surface area contributed by atoms with Crippen molar-refractivity contribution in [3.05, 3.63) is 0 Å². The number of β-amino-alcohol motifs (C(OH)–C–C–N with tert-alkyl or cyclic N) is 1. The fraction of sp³-hybridized carbons (Fsp3) is 1.00. The summed E-state index contributed by atoms with van der Waals surface area (Å²) in [4.78, 5) is 2.38. The summed E-state index contributed by atoms with van der Waals surface area (Å²) in [7, 11) is 0. The summed E-state index contributed by atoms with van der Waals surface area (Å²) in [6, 6.07) is 1.04. The highest BCUT2D eigenvalue weighted by atomic mass is 16.5. The van der Waals surface area contributed by atoms with Crippen LogP contribution in [0, 0.1) is 0 Å². The molecule has 0 radical (unpaired) electrons. The van der Waals surface area contributed by atoms with Crippen LogP contribution in [-0.4, -0.2) is 61.0 Å². The predicted molar refractivity (Wildman–Crippen MR) is 58.9 cm³/mol. The Bertz CT molecular complexity index is 195. The number of hydrogen-bond donors (Lipinski definition) is 2. The van der Waals surface area contributed by atoms with Crippen LogP contribution < -0.4 is 5.32 Å². The smallest absolute Gasteiger partial charge is 0.0679 e. The number of aliphatic hydroxyl groups is 1. The Labute approximate surface area is 91.6 Å². The van der Waals surface area contributed by atoms with Gasteiger partial charge in [-0.2, -0.15) is 0 Å². The van der Waals surface area contributed by atoms with E-state index in [4.69, 9.17) is 4.74 Å². The molecule has 4 nitrogen and oxygen atoms in total. The summed E-state index contributed by atoms with van der Waals surface area (Å²) in [6.45, 7) is 6.77. The van der Waals surface area contributed by atoms with Gasteiger partial charge in [0, 0.05) is 31.7 Å². The summed E-state index contributed by atoms with van der Waals surface area (Å²) in [5.41, 5.74) is 0. The molecule has 3 atom stereocenters. The van der Waals surface area contributed by atoms with E-state index in [2.05, 4.69) is 17.1 Å². The van der Waals surface area contributed by atoms with E-state index in [0.717, 1.165) is 45.7 Å². The lowest BCUT2D eigenvalue weighted by Crippen LogP contribution is -2.45. The first-order valence-electron chi connectivity index (χ1n) is 5.99. The van der Waals surface area contributed by atoms with Gasteiger partial charge in [0.15, 0.2) is 0 Å². The molecule has 2 aliphatic rings. The summed E-state index contributed by atoms with van der Waals surface area (Å²) in [6.07, 6.45) is 1.94. The Morgan fingerprint density at radius 2 is 2.47 bits per heavy atom. The lowest BCUT2D eigenvalue weighted by atomic mass is 10.1. The van der Waals surface area contributed by atoms with Crippen molar-refractivity contribution in [2.45, 2.75) is 38.0 Å². The second-order valence-corrected chi connectivity index (χ2v) is 4.75. The molecule has 0 amide bonds. The van der Waals surface area contributed by atoms with Crippen LogP contribution in [0.1, 0.15) is 19.8 Å². The van der Waals surface area contributed by atoms with Gasteiger partial charge in [0.05, 0.1) is 19.3 Å². The maximum absolute atomic E-state index is 9.47. The van der Waals surface area contributed by atoms with Gasteiger partial charge in [-0.15, -0.1) is 0 Å². The number of likely N-dealkylation sites (tertiary alicyclic amines) is 1. The molecule has 4 heteroatoms. The molecular weight excluding hydrogens is 192 g/mol. The van der Waals surface area contributed by atoms with Crippen LogP contribution >= 0.6 is 0 Å².